The van der Waals surface area contributed by atoms with Crippen LogP contribution in [0.3, 0.4) is 0 Å². The summed E-state index contributed by atoms with van der Waals surface area (Å²) in [6, 6.07) is 38.1. The molecule has 0 saturated heterocycles. The van der Waals surface area contributed by atoms with Crippen LogP contribution in [0.4, 0.5) is 0 Å². The Morgan fingerprint density at radius 1 is 0.738 bits per heavy atom. The van der Waals surface area contributed by atoms with E-state index in [2.05, 4.69) is 85.0 Å². The Balaban J connectivity index is 0.000000227. The van der Waals surface area contributed by atoms with Crippen molar-refractivity contribution in [2.45, 2.75) is 71.3 Å². The smallest absolute Gasteiger partial charge is 0.313 e. The summed E-state index contributed by atoms with van der Waals surface area (Å²) in [7, 11) is 1.99. The van der Waals surface area contributed by atoms with Crippen molar-refractivity contribution in [2.75, 3.05) is 7.05 Å². The topological polar surface area (TPSA) is 38.3 Å². The SMILES string of the molecule is CCCC1CCC(c2ccc(-c3ccc(OC(=O)C(C)C)cc3)cc2)CC1.CNC(c1ccccc1)c1ccccc1. The van der Waals surface area contributed by atoms with Gasteiger partial charge in [0, 0.05) is 0 Å². The third-order valence-electron chi connectivity index (χ3n) is 8.36. The monoisotopic (exact) mass is 561 g/mol. The zero-order valence-electron chi connectivity index (χ0n) is 25.8. The number of rotatable bonds is 9. The number of hydrogen-bond acceptors (Lipinski definition) is 3. The van der Waals surface area contributed by atoms with Gasteiger partial charge in [0.15, 0.2) is 0 Å². The van der Waals surface area contributed by atoms with E-state index < -0.39 is 0 Å². The molecule has 1 aliphatic carbocycles. The molecule has 1 saturated carbocycles. The molecule has 1 fully saturated rings. The van der Waals surface area contributed by atoms with Crippen LogP contribution in [-0.4, -0.2) is 13.0 Å². The van der Waals surface area contributed by atoms with E-state index in [0.29, 0.717) is 5.75 Å². The predicted molar refractivity (Wildman–Crippen MR) is 176 cm³/mol. The van der Waals surface area contributed by atoms with Crippen LogP contribution in [-0.2, 0) is 4.79 Å². The lowest BCUT2D eigenvalue weighted by atomic mass is 9.77. The van der Waals surface area contributed by atoms with Crippen LogP contribution < -0.4 is 10.1 Å². The van der Waals surface area contributed by atoms with E-state index in [1.165, 1.54) is 60.8 Å². The molecule has 0 radical (unpaired) electrons. The minimum atomic E-state index is -0.194. The number of hydrogen-bond donors (Lipinski definition) is 1. The minimum absolute atomic E-state index is 0.116. The largest absolute Gasteiger partial charge is 0.426 e. The van der Waals surface area contributed by atoms with Crippen molar-refractivity contribution in [3.63, 3.8) is 0 Å². The molecule has 0 unspecified atom stereocenters. The van der Waals surface area contributed by atoms with Crippen molar-refractivity contribution in [3.8, 4) is 16.9 Å². The summed E-state index contributed by atoms with van der Waals surface area (Å²) in [5, 5.41) is 3.33. The van der Waals surface area contributed by atoms with Crippen molar-refractivity contribution < 1.29 is 9.53 Å². The first-order valence-corrected chi connectivity index (χ1v) is 15.7. The number of ether oxygens (including phenoxy) is 1. The summed E-state index contributed by atoms with van der Waals surface area (Å²) in [4.78, 5) is 11.7. The molecule has 3 heteroatoms. The average molecular weight is 562 g/mol. The predicted octanol–water partition coefficient (Wildman–Crippen LogP) is 9.98. The molecule has 220 valence electrons. The quantitative estimate of drug-likeness (QED) is 0.163. The van der Waals surface area contributed by atoms with Gasteiger partial charge in [-0.3, -0.25) is 4.79 Å². The fourth-order valence-corrected chi connectivity index (χ4v) is 5.91. The molecule has 0 heterocycles. The van der Waals surface area contributed by atoms with Crippen LogP contribution >= 0.6 is 0 Å². The summed E-state index contributed by atoms with van der Waals surface area (Å²) < 4.78 is 5.35. The Morgan fingerprint density at radius 2 is 1.24 bits per heavy atom. The van der Waals surface area contributed by atoms with Crippen LogP contribution in [0.5, 0.6) is 5.75 Å². The normalized spacial score (nSPS) is 16.5. The zero-order chi connectivity index (χ0) is 29.7. The molecule has 0 amide bonds. The Kier molecular flexibility index (Phi) is 12.0. The molecule has 0 bridgehead atoms. The fourth-order valence-electron chi connectivity index (χ4n) is 5.91. The molecule has 4 aromatic rings. The number of nitrogens with one attached hydrogen (secondary N) is 1. The number of carbonyl (C=O) groups excluding carboxylic acids is 1. The molecule has 4 aromatic carbocycles. The molecular formula is C39H47NO2. The third-order valence-corrected chi connectivity index (χ3v) is 8.36. The third kappa shape index (κ3) is 8.90. The van der Waals surface area contributed by atoms with E-state index in [9.17, 15) is 4.79 Å². The van der Waals surface area contributed by atoms with Crippen LogP contribution in [0.25, 0.3) is 11.1 Å². The van der Waals surface area contributed by atoms with Crippen LogP contribution in [0.15, 0.2) is 109 Å². The van der Waals surface area contributed by atoms with Crippen molar-refractivity contribution >= 4 is 5.97 Å². The summed E-state index contributed by atoms with van der Waals surface area (Å²) in [5.41, 5.74) is 6.44. The lowest BCUT2D eigenvalue weighted by Crippen LogP contribution is -2.17. The maximum atomic E-state index is 11.7. The molecule has 5 rings (SSSR count). The molecule has 1 aliphatic rings. The van der Waals surface area contributed by atoms with Gasteiger partial charge in [-0.25, -0.2) is 0 Å². The first kappa shape index (κ1) is 31.3. The van der Waals surface area contributed by atoms with Gasteiger partial charge in [-0.1, -0.05) is 131 Å². The van der Waals surface area contributed by atoms with Crippen molar-refractivity contribution in [2.24, 2.45) is 11.8 Å². The second-order valence-electron chi connectivity index (χ2n) is 11.8. The standard InChI is InChI=1S/C25H32O2.C14H15N/c1-4-5-19-6-8-20(9-7-19)21-10-12-22(13-11-21)23-14-16-24(17-15-23)27-25(26)18(2)3;1-15-14(12-8-4-2-5-9-12)13-10-6-3-7-11-13/h10-20H,4-9H2,1-3H3;2-11,14-15H,1H3. The Labute approximate surface area is 253 Å². The number of esters is 1. The van der Waals surface area contributed by atoms with E-state index in [0.717, 1.165) is 17.4 Å². The summed E-state index contributed by atoms with van der Waals surface area (Å²) in [6.45, 7) is 5.98. The van der Waals surface area contributed by atoms with E-state index >= 15 is 0 Å². The Hall–Kier alpha value is -3.69. The minimum Gasteiger partial charge on any atom is -0.426 e. The van der Waals surface area contributed by atoms with Crippen molar-refractivity contribution in [1.29, 1.82) is 0 Å². The van der Waals surface area contributed by atoms with E-state index in [1.807, 2.05) is 57.3 Å². The lowest BCUT2D eigenvalue weighted by Gasteiger charge is -2.28. The lowest BCUT2D eigenvalue weighted by molar-refractivity contribution is -0.137. The molecule has 0 atom stereocenters. The van der Waals surface area contributed by atoms with Crippen molar-refractivity contribution in [1.82, 2.24) is 5.32 Å². The molecule has 1 N–H and O–H groups in total. The average Bonchev–Trinajstić information content (AvgIpc) is 3.04. The highest BCUT2D eigenvalue weighted by atomic mass is 16.5. The van der Waals surface area contributed by atoms with Crippen molar-refractivity contribution in [3.05, 3.63) is 126 Å². The highest BCUT2D eigenvalue weighted by molar-refractivity contribution is 5.74. The number of carbonyl (C=O) groups is 1. The van der Waals surface area contributed by atoms with Gasteiger partial charge in [0.25, 0.3) is 0 Å². The molecular weight excluding hydrogens is 514 g/mol. The maximum Gasteiger partial charge on any atom is 0.313 e. The zero-order valence-corrected chi connectivity index (χ0v) is 25.8. The molecule has 3 nitrogen and oxygen atoms in total. The summed E-state index contributed by atoms with van der Waals surface area (Å²) >= 11 is 0. The van der Waals surface area contributed by atoms with Gasteiger partial charge in [-0.05, 0) is 84.5 Å². The fraction of sp³-hybridized carbons (Fsp3) is 0.359. The van der Waals surface area contributed by atoms with E-state index in [4.69, 9.17) is 4.74 Å². The Bertz CT molecular complexity index is 1280. The first-order valence-electron chi connectivity index (χ1n) is 15.7. The van der Waals surface area contributed by atoms with Gasteiger partial charge in [-0.15, -0.1) is 0 Å². The molecule has 0 aromatic heterocycles. The molecule has 0 spiro atoms. The second kappa shape index (κ2) is 16.1. The van der Waals surface area contributed by atoms with Crippen LogP contribution in [0.2, 0.25) is 0 Å². The van der Waals surface area contributed by atoms with Gasteiger partial charge in [-0.2, -0.15) is 0 Å². The van der Waals surface area contributed by atoms with Crippen LogP contribution in [0, 0.1) is 11.8 Å². The summed E-state index contributed by atoms with van der Waals surface area (Å²) in [5.74, 6) is 1.98. The first-order chi connectivity index (χ1) is 20.5. The van der Waals surface area contributed by atoms with Crippen LogP contribution in [0.1, 0.15) is 87.9 Å². The summed E-state index contributed by atoms with van der Waals surface area (Å²) in [6.07, 6.45) is 8.15. The van der Waals surface area contributed by atoms with Gasteiger partial charge in [0.2, 0.25) is 0 Å². The van der Waals surface area contributed by atoms with Gasteiger partial charge >= 0.3 is 5.97 Å². The van der Waals surface area contributed by atoms with E-state index in [-0.39, 0.29) is 17.9 Å². The Morgan fingerprint density at radius 3 is 1.69 bits per heavy atom. The highest BCUT2D eigenvalue weighted by Crippen LogP contribution is 2.38. The van der Waals surface area contributed by atoms with Gasteiger partial charge < -0.3 is 10.1 Å². The van der Waals surface area contributed by atoms with E-state index in [1.54, 1.807) is 0 Å². The second-order valence-corrected chi connectivity index (χ2v) is 11.8. The highest BCUT2D eigenvalue weighted by Gasteiger charge is 2.21. The molecule has 0 aliphatic heterocycles. The van der Waals surface area contributed by atoms with Gasteiger partial charge in [0.05, 0.1) is 12.0 Å². The number of benzene rings is 4. The van der Waals surface area contributed by atoms with Gasteiger partial charge in [0.1, 0.15) is 5.75 Å². The maximum absolute atomic E-state index is 11.7. The molecule has 42 heavy (non-hydrogen) atoms.